The van der Waals surface area contributed by atoms with Gasteiger partial charge in [0.15, 0.2) is 0 Å². The third-order valence-electron chi connectivity index (χ3n) is 2.42. The maximum Gasteiger partial charge on any atom is 0.306 e. The standard InChI is InChI=1S/C8H17NO2/c1-5(7(3)9-4)6(2)8(10)11/h5-7,9H,1-4H3,(H,10,11)/t5?,6-,7?/m0/s1. The normalized spacial score (nSPS) is 18.9. The first kappa shape index (κ1) is 10.4. The van der Waals surface area contributed by atoms with Gasteiger partial charge >= 0.3 is 5.97 Å². The summed E-state index contributed by atoms with van der Waals surface area (Å²) in [7, 11) is 1.84. The van der Waals surface area contributed by atoms with E-state index in [0.717, 1.165) is 0 Å². The Morgan fingerprint density at radius 2 is 1.82 bits per heavy atom. The number of hydrogen-bond acceptors (Lipinski definition) is 2. The van der Waals surface area contributed by atoms with Gasteiger partial charge in [0.1, 0.15) is 0 Å². The van der Waals surface area contributed by atoms with E-state index in [1.165, 1.54) is 0 Å². The van der Waals surface area contributed by atoms with Gasteiger partial charge in [0.2, 0.25) is 0 Å². The van der Waals surface area contributed by atoms with Gasteiger partial charge in [-0.1, -0.05) is 13.8 Å². The molecule has 0 aliphatic carbocycles. The maximum absolute atomic E-state index is 10.5. The summed E-state index contributed by atoms with van der Waals surface area (Å²) in [6.45, 7) is 5.67. The van der Waals surface area contributed by atoms with E-state index < -0.39 is 5.97 Å². The molecule has 3 atom stereocenters. The third-order valence-corrected chi connectivity index (χ3v) is 2.42. The average Bonchev–Trinajstić information content (AvgIpc) is 2.00. The Hall–Kier alpha value is -0.570. The van der Waals surface area contributed by atoms with Crippen LogP contribution in [0.3, 0.4) is 0 Å². The number of hydrogen-bond donors (Lipinski definition) is 2. The highest BCUT2D eigenvalue weighted by atomic mass is 16.4. The number of nitrogens with one attached hydrogen (secondary N) is 1. The molecule has 0 radical (unpaired) electrons. The van der Waals surface area contributed by atoms with Gasteiger partial charge < -0.3 is 10.4 Å². The predicted molar refractivity (Wildman–Crippen MR) is 44.5 cm³/mol. The second-order valence-corrected chi connectivity index (χ2v) is 3.06. The van der Waals surface area contributed by atoms with E-state index in [9.17, 15) is 4.79 Å². The Balaban J connectivity index is 4.00. The molecule has 66 valence electrons. The first-order valence-electron chi connectivity index (χ1n) is 3.90. The highest BCUT2D eigenvalue weighted by molar-refractivity contribution is 5.69. The molecule has 0 heterocycles. The molecule has 0 aliphatic heterocycles. The van der Waals surface area contributed by atoms with Gasteiger partial charge in [-0.25, -0.2) is 0 Å². The minimum Gasteiger partial charge on any atom is -0.481 e. The summed E-state index contributed by atoms with van der Waals surface area (Å²) in [5.74, 6) is -0.838. The molecule has 2 unspecified atom stereocenters. The Kier molecular flexibility index (Phi) is 4.11. The summed E-state index contributed by atoms with van der Waals surface area (Å²) < 4.78 is 0. The number of carbonyl (C=O) groups is 1. The van der Waals surface area contributed by atoms with Crippen LogP contribution < -0.4 is 5.32 Å². The van der Waals surface area contributed by atoms with Crippen molar-refractivity contribution in [1.29, 1.82) is 0 Å². The lowest BCUT2D eigenvalue weighted by Gasteiger charge is -2.22. The van der Waals surface area contributed by atoms with Crippen molar-refractivity contribution in [3.8, 4) is 0 Å². The molecule has 0 aromatic heterocycles. The molecule has 3 heteroatoms. The van der Waals surface area contributed by atoms with Gasteiger partial charge in [-0.2, -0.15) is 0 Å². The number of carboxylic acid groups (broad SMARTS) is 1. The molecule has 0 rings (SSSR count). The first-order chi connectivity index (χ1) is 5.00. The SMILES string of the molecule is CNC(C)C(C)[C@H](C)C(=O)O. The van der Waals surface area contributed by atoms with E-state index in [0.29, 0.717) is 0 Å². The number of aliphatic carboxylic acids is 1. The van der Waals surface area contributed by atoms with Gasteiger partial charge in [0, 0.05) is 6.04 Å². The molecule has 2 N–H and O–H groups in total. The van der Waals surface area contributed by atoms with Crippen LogP contribution in [0.2, 0.25) is 0 Å². The molecule has 0 fully saturated rings. The summed E-state index contributed by atoms with van der Waals surface area (Å²) in [5.41, 5.74) is 0. The first-order valence-corrected chi connectivity index (χ1v) is 3.90. The minimum absolute atomic E-state index is 0.164. The zero-order valence-electron chi connectivity index (χ0n) is 7.59. The van der Waals surface area contributed by atoms with Gasteiger partial charge in [-0.15, -0.1) is 0 Å². The number of rotatable bonds is 4. The van der Waals surface area contributed by atoms with Gasteiger partial charge in [-0.3, -0.25) is 4.79 Å². The maximum atomic E-state index is 10.5. The molecule has 3 nitrogen and oxygen atoms in total. The molecule has 0 aliphatic rings. The van der Waals surface area contributed by atoms with Crippen LogP contribution in [0.15, 0.2) is 0 Å². The van der Waals surface area contributed by atoms with Crippen LogP contribution in [0.1, 0.15) is 20.8 Å². The summed E-state index contributed by atoms with van der Waals surface area (Å²) in [5, 5.41) is 11.7. The molecular formula is C8H17NO2. The van der Waals surface area contributed by atoms with E-state index >= 15 is 0 Å². The van der Waals surface area contributed by atoms with Crippen molar-refractivity contribution in [2.75, 3.05) is 7.05 Å². The molecule has 0 spiro atoms. The molecule has 0 saturated heterocycles. The van der Waals surface area contributed by atoms with Crippen LogP contribution in [-0.4, -0.2) is 24.2 Å². The Labute approximate surface area is 67.8 Å². The predicted octanol–water partition coefficient (Wildman–Crippen LogP) is 0.951. The van der Waals surface area contributed by atoms with Crippen molar-refractivity contribution in [2.45, 2.75) is 26.8 Å². The van der Waals surface area contributed by atoms with Crippen molar-refractivity contribution >= 4 is 5.97 Å². The highest BCUT2D eigenvalue weighted by Gasteiger charge is 2.23. The lowest BCUT2D eigenvalue weighted by molar-refractivity contribution is -0.143. The van der Waals surface area contributed by atoms with Crippen LogP contribution in [0, 0.1) is 11.8 Å². The molecule has 0 saturated carbocycles. The minimum atomic E-state index is -0.723. The van der Waals surface area contributed by atoms with Crippen molar-refractivity contribution in [2.24, 2.45) is 11.8 Å². The summed E-state index contributed by atoms with van der Waals surface area (Å²) >= 11 is 0. The summed E-state index contributed by atoms with van der Waals surface area (Å²) in [4.78, 5) is 10.5. The van der Waals surface area contributed by atoms with Crippen molar-refractivity contribution in [3.05, 3.63) is 0 Å². The van der Waals surface area contributed by atoms with Crippen LogP contribution in [0.25, 0.3) is 0 Å². The second kappa shape index (κ2) is 4.34. The van der Waals surface area contributed by atoms with Crippen LogP contribution in [0.5, 0.6) is 0 Å². The Morgan fingerprint density at radius 1 is 1.36 bits per heavy atom. The van der Waals surface area contributed by atoms with E-state index in [1.54, 1.807) is 6.92 Å². The second-order valence-electron chi connectivity index (χ2n) is 3.06. The molecular weight excluding hydrogens is 142 g/mol. The number of carboxylic acids is 1. The van der Waals surface area contributed by atoms with Gasteiger partial charge in [0.25, 0.3) is 0 Å². The monoisotopic (exact) mass is 159 g/mol. The lowest BCUT2D eigenvalue weighted by Crippen LogP contribution is -2.35. The fourth-order valence-electron chi connectivity index (χ4n) is 0.921. The zero-order chi connectivity index (χ0) is 9.02. The molecule has 0 amide bonds. The summed E-state index contributed by atoms with van der Waals surface area (Å²) in [6, 6.07) is 0.251. The van der Waals surface area contributed by atoms with E-state index in [1.807, 2.05) is 20.9 Å². The van der Waals surface area contributed by atoms with E-state index in [-0.39, 0.29) is 17.9 Å². The molecule has 0 bridgehead atoms. The zero-order valence-corrected chi connectivity index (χ0v) is 7.59. The molecule has 11 heavy (non-hydrogen) atoms. The van der Waals surface area contributed by atoms with Crippen molar-refractivity contribution in [3.63, 3.8) is 0 Å². The quantitative estimate of drug-likeness (QED) is 0.642. The fraction of sp³-hybridized carbons (Fsp3) is 0.875. The Bertz CT molecular complexity index is 136. The Morgan fingerprint density at radius 3 is 2.09 bits per heavy atom. The van der Waals surface area contributed by atoms with Gasteiger partial charge in [0.05, 0.1) is 5.92 Å². The molecule has 0 aromatic rings. The summed E-state index contributed by atoms with van der Waals surface area (Å²) in [6.07, 6.45) is 0. The lowest BCUT2D eigenvalue weighted by atomic mass is 9.90. The van der Waals surface area contributed by atoms with Crippen molar-refractivity contribution < 1.29 is 9.90 Å². The van der Waals surface area contributed by atoms with Crippen molar-refractivity contribution in [1.82, 2.24) is 5.32 Å². The smallest absolute Gasteiger partial charge is 0.306 e. The third kappa shape index (κ3) is 2.89. The van der Waals surface area contributed by atoms with E-state index in [4.69, 9.17) is 5.11 Å². The van der Waals surface area contributed by atoms with Crippen LogP contribution >= 0.6 is 0 Å². The largest absolute Gasteiger partial charge is 0.481 e. The van der Waals surface area contributed by atoms with Crippen LogP contribution in [-0.2, 0) is 4.79 Å². The van der Waals surface area contributed by atoms with Gasteiger partial charge in [-0.05, 0) is 19.9 Å². The molecule has 0 aromatic carbocycles. The highest BCUT2D eigenvalue weighted by Crippen LogP contribution is 2.14. The van der Waals surface area contributed by atoms with Crippen LogP contribution in [0.4, 0.5) is 0 Å². The fourth-order valence-corrected chi connectivity index (χ4v) is 0.921. The topological polar surface area (TPSA) is 49.3 Å². The van der Waals surface area contributed by atoms with E-state index in [2.05, 4.69) is 5.32 Å². The average molecular weight is 159 g/mol.